The van der Waals surface area contributed by atoms with Gasteiger partial charge in [-0.25, -0.2) is 9.59 Å². The SMILES string of the molecule is O=C(O)C(O)C(OCCCCN(O)O)C(=O)O. The Labute approximate surface area is 96.4 Å². The number of rotatable bonds is 9. The van der Waals surface area contributed by atoms with Gasteiger partial charge in [-0.05, 0) is 12.8 Å². The van der Waals surface area contributed by atoms with Crippen molar-refractivity contribution in [1.82, 2.24) is 5.23 Å². The molecule has 2 atom stereocenters. The molecule has 0 aliphatic heterocycles. The van der Waals surface area contributed by atoms with Gasteiger partial charge in [0.2, 0.25) is 0 Å². The Bertz CT molecular complexity index is 256. The lowest BCUT2D eigenvalue weighted by Crippen LogP contribution is -2.41. The van der Waals surface area contributed by atoms with Crippen LogP contribution >= 0.6 is 0 Å². The first-order valence-electron chi connectivity index (χ1n) is 4.76. The molecule has 0 heterocycles. The number of nitrogens with zero attached hydrogens (tertiary/aromatic N) is 1. The Morgan fingerprint density at radius 1 is 1.12 bits per heavy atom. The summed E-state index contributed by atoms with van der Waals surface area (Å²) in [6, 6.07) is 0. The van der Waals surface area contributed by atoms with E-state index in [1.807, 2.05) is 0 Å². The van der Waals surface area contributed by atoms with E-state index in [9.17, 15) is 9.59 Å². The molecule has 0 spiro atoms. The molecule has 0 saturated heterocycles. The summed E-state index contributed by atoms with van der Waals surface area (Å²) in [5.41, 5.74) is 0. The maximum absolute atomic E-state index is 10.6. The van der Waals surface area contributed by atoms with Crippen molar-refractivity contribution < 1.29 is 40.1 Å². The van der Waals surface area contributed by atoms with Gasteiger partial charge in [-0.2, -0.15) is 0 Å². The van der Waals surface area contributed by atoms with Crippen LogP contribution in [0.1, 0.15) is 12.8 Å². The van der Waals surface area contributed by atoms with Crippen molar-refractivity contribution in [3.63, 3.8) is 0 Å². The lowest BCUT2D eigenvalue weighted by atomic mass is 10.2. The fourth-order valence-electron chi connectivity index (χ4n) is 0.993. The van der Waals surface area contributed by atoms with Gasteiger partial charge in [0, 0.05) is 6.61 Å². The zero-order valence-corrected chi connectivity index (χ0v) is 8.89. The van der Waals surface area contributed by atoms with Crippen molar-refractivity contribution in [3.05, 3.63) is 0 Å². The summed E-state index contributed by atoms with van der Waals surface area (Å²) in [7, 11) is 0. The van der Waals surface area contributed by atoms with Crippen LogP contribution in [0.3, 0.4) is 0 Å². The van der Waals surface area contributed by atoms with E-state index in [4.69, 9.17) is 30.5 Å². The van der Waals surface area contributed by atoms with Gasteiger partial charge in [-0.1, -0.05) is 5.23 Å². The molecule has 5 N–H and O–H groups in total. The molecule has 2 unspecified atom stereocenters. The van der Waals surface area contributed by atoms with E-state index in [2.05, 4.69) is 0 Å². The highest BCUT2D eigenvalue weighted by atomic mass is 16.8. The number of aliphatic hydroxyl groups excluding tert-OH is 1. The molecule has 0 rings (SSSR count). The molecule has 0 aromatic rings. The molecule has 0 saturated carbocycles. The van der Waals surface area contributed by atoms with Crippen LogP contribution in [0, 0.1) is 0 Å². The third-order valence-electron chi connectivity index (χ3n) is 1.83. The Kier molecular flexibility index (Phi) is 7.34. The van der Waals surface area contributed by atoms with Crippen LogP contribution in [0.15, 0.2) is 0 Å². The number of hydroxylamine groups is 2. The Balaban J connectivity index is 3.95. The van der Waals surface area contributed by atoms with Gasteiger partial charge in [0.25, 0.3) is 0 Å². The first-order chi connectivity index (χ1) is 7.86. The summed E-state index contributed by atoms with van der Waals surface area (Å²) < 4.78 is 4.70. The van der Waals surface area contributed by atoms with Crippen LogP contribution in [-0.2, 0) is 14.3 Å². The van der Waals surface area contributed by atoms with E-state index < -0.39 is 24.1 Å². The van der Waals surface area contributed by atoms with Gasteiger partial charge >= 0.3 is 11.9 Å². The number of aliphatic carboxylic acids is 2. The molecule has 0 amide bonds. The first-order valence-corrected chi connectivity index (χ1v) is 4.76. The summed E-state index contributed by atoms with van der Waals surface area (Å²) in [6.07, 6.45) is -3.39. The highest BCUT2D eigenvalue weighted by Crippen LogP contribution is 2.03. The lowest BCUT2D eigenvalue weighted by Gasteiger charge is -2.16. The Hall–Kier alpha value is -1.26. The number of hydrogen-bond acceptors (Lipinski definition) is 7. The topological polar surface area (TPSA) is 148 Å². The number of aliphatic hydroxyl groups is 1. The molecular formula is C8H15NO8. The van der Waals surface area contributed by atoms with Crippen LogP contribution < -0.4 is 0 Å². The Morgan fingerprint density at radius 3 is 2.12 bits per heavy atom. The average molecular weight is 253 g/mol. The van der Waals surface area contributed by atoms with Crippen LogP contribution in [0.2, 0.25) is 0 Å². The number of carboxylic acids is 2. The van der Waals surface area contributed by atoms with Crippen molar-refractivity contribution in [3.8, 4) is 0 Å². The van der Waals surface area contributed by atoms with Crippen molar-refractivity contribution in [1.29, 1.82) is 0 Å². The molecular weight excluding hydrogens is 238 g/mol. The van der Waals surface area contributed by atoms with Gasteiger partial charge in [-0.3, -0.25) is 10.4 Å². The zero-order chi connectivity index (χ0) is 13.4. The third kappa shape index (κ3) is 6.81. The molecule has 9 heteroatoms. The molecule has 0 radical (unpaired) electrons. The molecule has 0 aliphatic rings. The molecule has 0 bridgehead atoms. The fourth-order valence-corrected chi connectivity index (χ4v) is 0.993. The number of unbranched alkanes of at least 4 members (excludes halogenated alkanes) is 1. The second-order valence-electron chi connectivity index (χ2n) is 3.22. The molecule has 0 fully saturated rings. The van der Waals surface area contributed by atoms with Crippen molar-refractivity contribution in [2.24, 2.45) is 0 Å². The standard InChI is InChI=1S/C8H15NO8/c10-5(7(11)12)6(8(13)14)17-4-2-1-3-9(15)16/h5-6,10,15-16H,1-4H2,(H,11,12)(H,13,14). The highest BCUT2D eigenvalue weighted by molar-refractivity contribution is 5.83. The summed E-state index contributed by atoms with van der Waals surface area (Å²) in [5, 5.41) is 42.7. The monoisotopic (exact) mass is 253 g/mol. The van der Waals surface area contributed by atoms with Crippen molar-refractivity contribution in [2.75, 3.05) is 13.2 Å². The van der Waals surface area contributed by atoms with Crippen LogP contribution in [0.5, 0.6) is 0 Å². The first kappa shape index (κ1) is 15.7. The van der Waals surface area contributed by atoms with Crippen molar-refractivity contribution >= 4 is 11.9 Å². The number of carboxylic acid groups (broad SMARTS) is 2. The third-order valence-corrected chi connectivity index (χ3v) is 1.83. The maximum atomic E-state index is 10.6. The van der Waals surface area contributed by atoms with Crippen LogP contribution in [0.4, 0.5) is 0 Å². The van der Waals surface area contributed by atoms with Gasteiger partial charge in [0.1, 0.15) is 0 Å². The van der Waals surface area contributed by atoms with E-state index in [1.54, 1.807) is 0 Å². The fraction of sp³-hybridized carbons (Fsp3) is 0.750. The lowest BCUT2D eigenvalue weighted by molar-refractivity contribution is -0.307. The predicted octanol–water partition coefficient (Wildman–Crippen LogP) is -1.24. The molecule has 0 aromatic carbocycles. The minimum atomic E-state index is -2.14. The normalized spacial score (nSPS) is 14.6. The largest absolute Gasteiger partial charge is 0.479 e. The second kappa shape index (κ2) is 7.92. The van der Waals surface area contributed by atoms with E-state index in [0.29, 0.717) is 6.42 Å². The molecule has 0 aromatic heterocycles. The summed E-state index contributed by atoms with van der Waals surface area (Å²) in [4.78, 5) is 20.9. The van der Waals surface area contributed by atoms with Gasteiger partial charge in [0.05, 0.1) is 6.54 Å². The predicted molar refractivity (Wildman–Crippen MR) is 50.5 cm³/mol. The zero-order valence-electron chi connectivity index (χ0n) is 8.89. The van der Waals surface area contributed by atoms with E-state index in [0.717, 1.165) is 0 Å². The maximum Gasteiger partial charge on any atom is 0.336 e. The number of carbonyl (C=O) groups is 2. The van der Waals surface area contributed by atoms with Gasteiger partial charge in [0.15, 0.2) is 12.2 Å². The molecule has 0 aliphatic carbocycles. The van der Waals surface area contributed by atoms with E-state index >= 15 is 0 Å². The molecule has 17 heavy (non-hydrogen) atoms. The van der Waals surface area contributed by atoms with Crippen LogP contribution in [0.25, 0.3) is 0 Å². The number of ether oxygens (including phenoxy) is 1. The minimum absolute atomic E-state index is 0.0270. The highest BCUT2D eigenvalue weighted by Gasteiger charge is 2.32. The summed E-state index contributed by atoms with van der Waals surface area (Å²) >= 11 is 0. The van der Waals surface area contributed by atoms with Gasteiger partial charge < -0.3 is 20.1 Å². The molecule has 100 valence electrons. The quantitative estimate of drug-likeness (QED) is 0.251. The molecule has 9 nitrogen and oxygen atoms in total. The number of hydrogen-bond donors (Lipinski definition) is 5. The summed E-state index contributed by atoms with van der Waals surface area (Å²) in [6.45, 7) is -0.169. The van der Waals surface area contributed by atoms with E-state index in [-0.39, 0.29) is 24.8 Å². The van der Waals surface area contributed by atoms with Gasteiger partial charge in [-0.15, -0.1) is 0 Å². The Morgan fingerprint density at radius 2 is 1.71 bits per heavy atom. The van der Waals surface area contributed by atoms with E-state index in [1.165, 1.54) is 0 Å². The van der Waals surface area contributed by atoms with Crippen LogP contribution in [-0.4, -0.2) is 68.3 Å². The minimum Gasteiger partial charge on any atom is -0.479 e. The smallest absolute Gasteiger partial charge is 0.336 e. The summed E-state index contributed by atoms with van der Waals surface area (Å²) in [5.74, 6) is -3.26. The second-order valence-corrected chi connectivity index (χ2v) is 3.22. The van der Waals surface area contributed by atoms with Crippen molar-refractivity contribution in [2.45, 2.75) is 25.0 Å². The average Bonchev–Trinajstić information content (AvgIpc) is 2.21.